The molecule has 2 aromatic carbocycles. The Morgan fingerprint density at radius 3 is 2.11 bits per heavy atom. The van der Waals surface area contributed by atoms with Gasteiger partial charge in [-0.05, 0) is 31.0 Å². The van der Waals surface area contributed by atoms with Crippen molar-refractivity contribution in [3.05, 3.63) is 59.7 Å². The Balaban J connectivity index is 1.95. The molecule has 1 N–H and O–H groups in total. The van der Waals surface area contributed by atoms with Gasteiger partial charge in [-0.15, -0.1) is 0 Å². The lowest BCUT2D eigenvalue weighted by Crippen LogP contribution is -2.43. The molecule has 2 rings (SSSR count). The topological polar surface area (TPSA) is 90.9 Å². The van der Waals surface area contributed by atoms with Crippen LogP contribution in [0, 0.1) is 0 Å². The van der Waals surface area contributed by atoms with Crippen LogP contribution in [0.25, 0.3) is 0 Å². The molecular formula is C21H23NO6. The van der Waals surface area contributed by atoms with E-state index in [9.17, 15) is 14.4 Å². The fraction of sp³-hybridized carbons (Fsp3) is 0.286. The average Bonchev–Trinajstić information content (AvgIpc) is 2.71. The zero-order chi connectivity index (χ0) is 20.5. The van der Waals surface area contributed by atoms with E-state index in [1.165, 1.54) is 33.3 Å². The van der Waals surface area contributed by atoms with Gasteiger partial charge in [0, 0.05) is 6.07 Å². The van der Waals surface area contributed by atoms with Gasteiger partial charge in [0.25, 0.3) is 5.91 Å². The smallest absolute Gasteiger partial charge is 0.338 e. The Labute approximate surface area is 163 Å². The zero-order valence-electron chi connectivity index (χ0n) is 16.1. The van der Waals surface area contributed by atoms with Crippen molar-refractivity contribution in [1.29, 1.82) is 0 Å². The van der Waals surface area contributed by atoms with Crippen molar-refractivity contribution in [2.24, 2.45) is 0 Å². The van der Waals surface area contributed by atoms with Crippen molar-refractivity contribution in [1.82, 2.24) is 5.32 Å². The lowest BCUT2D eigenvalue weighted by atomic mass is 10.0. The van der Waals surface area contributed by atoms with E-state index in [-0.39, 0.29) is 11.3 Å². The number of amides is 1. The van der Waals surface area contributed by atoms with Crippen LogP contribution in [0.5, 0.6) is 11.5 Å². The zero-order valence-corrected chi connectivity index (χ0v) is 16.1. The van der Waals surface area contributed by atoms with Crippen molar-refractivity contribution < 1.29 is 28.6 Å². The van der Waals surface area contributed by atoms with Crippen LogP contribution in [0.4, 0.5) is 0 Å². The van der Waals surface area contributed by atoms with Crippen molar-refractivity contribution in [3.63, 3.8) is 0 Å². The highest BCUT2D eigenvalue weighted by atomic mass is 16.5. The average molecular weight is 385 g/mol. The Bertz CT molecular complexity index is 812. The van der Waals surface area contributed by atoms with Crippen molar-refractivity contribution >= 4 is 17.7 Å². The van der Waals surface area contributed by atoms with Crippen molar-refractivity contribution in [2.45, 2.75) is 19.4 Å². The van der Waals surface area contributed by atoms with E-state index < -0.39 is 24.5 Å². The summed E-state index contributed by atoms with van der Waals surface area (Å²) in [6.45, 7) is 0.902. The van der Waals surface area contributed by atoms with E-state index in [4.69, 9.17) is 14.2 Å². The summed E-state index contributed by atoms with van der Waals surface area (Å²) in [6.07, 6.45) is 0.364. The summed E-state index contributed by atoms with van der Waals surface area (Å²) in [5, 5.41) is 2.60. The van der Waals surface area contributed by atoms with Gasteiger partial charge in [0.15, 0.2) is 12.4 Å². The van der Waals surface area contributed by atoms with E-state index in [1.54, 1.807) is 6.07 Å². The summed E-state index contributed by atoms with van der Waals surface area (Å²) in [4.78, 5) is 36.2. The molecule has 0 saturated carbocycles. The molecule has 0 aliphatic heterocycles. The summed E-state index contributed by atoms with van der Waals surface area (Å²) >= 11 is 0. The summed E-state index contributed by atoms with van der Waals surface area (Å²) in [5.41, 5.74) is 1.11. The molecule has 7 nitrogen and oxygen atoms in total. The Kier molecular flexibility index (Phi) is 7.56. The largest absolute Gasteiger partial charge is 0.497 e. The molecule has 0 radical (unpaired) electrons. The number of ether oxygens (including phenoxy) is 3. The number of rotatable bonds is 9. The minimum Gasteiger partial charge on any atom is -0.497 e. The number of nitrogens with one attached hydrogen (secondary N) is 1. The summed E-state index contributed by atoms with van der Waals surface area (Å²) < 4.78 is 15.3. The minimum atomic E-state index is -0.699. The molecule has 148 valence electrons. The van der Waals surface area contributed by atoms with Crippen LogP contribution in [-0.2, 0) is 20.7 Å². The molecule has 0 aliphatic rings. The number of esters is 1. The van der Waals surface area contributed by atoms with Crippen LogP contribution in [-0.4, -0.2) is 44.5 Å². The molecule has 0 aromatic heterocycles. The summed E-state index contributed by atoms with van der Waals surface area (Å²) in [6, 6.07) is 13.2. The fourth-order valence-electron chi connectivity index (χ4n) is 2.52. The summed E-state index contributed by atoms with van der Waals surface area (Å²) in [5.74, 6) is -0.583. The highest BCUT2D eigenvalue weighted by Gasteiger charge is 2.19. The Morgan fingerprint density at radius 1 is 0.964 bits per heavy atom. The van der Waals surface area contributed by atoms with Gasteiger partial charge in [-0.25, -0.2) is 4.79 Å². The highest BCUT2D eigenvalue weighted by molar-refractivity contribution is 5.93. The first-order valence-corrected chi connectivity index (χ1v) is 8.67. The molecule has 0 heterocycles. The standard InChI is InChI=1S/C21H23NO6/c1-14(23)19(9-15-7-5-4-6-8-15)22-20(24)13-28-21(25)16-10-17(26-2)12-18(11-16)27-3/h4-8,10-12,19H,9,13H2,1-3H3,(H,22,24)/t19-/m1/s1. The van der Waals surface area contributed by atoms with Crippen LogP contribution < -0.4 is 14.8 Å². The van der Waals surface area contributed by atoms with E-state index in [0.717, 1.165) is 5.56 Å². The molecule has 0 unspecified atom stereocenters. The Morgan fingerprint density at radius 2 is 1.57 bits per heavy atom. The lowest BCUT2D eigenvalue weighted by Gasteiger charge is -2.16. The van der Waals surface area contributed by atoms with Crippen LogP contribution in [0.1, 0.15) is 22.8 Å². The van der Waals surface area contributed by atoms with Crippen LogP contribution in [0.2, 0.25) is 0 Å². The first-order valence-electron chi connectivity index (χ1n) is 8.67. The van der Waals surface area contributed by atoms with E-state index in [1.807, 2.05) is 30.3 Å². The number of hydrogen-bond donors (Lipinski definition) is 1. The number of carbonyl (C=O) groups is 3. The predicted molar refractivity (Wildman–Crippen MR) is 103 cm³/mol. The Hall–Kier alpha value is -3.35. The number of carbonyl (C=O) groups excluding carboxylic acids is 3. The molecule has 0 fully saturated rings. The molecule has 28 heavy (non-hydrogen) atoms. The van der Waals surface area contributed by atoms with Gasteiger partial charge in [-0.1, -0.05) is 30.3 Å². The van der Waals surface area contributed by atoms with Gasteiger partial charge in [0.05, 0.1) is 25.8 Å². The molecule has 0 aliphatic carbocycles. The van der Waals surface area contributed by atoms with Crippen LogP contribution in [0.3, 0.4) is 0 Å². The minimum absolute atomic E-state index is 0.180. The fourth-order valence-corrected chi connectivity index (χ4v) is 2.52. The number of methoxy groups -OCH3 is 2. The maximum Gasteiger partial charge on any atom is 0.338 e. The third kappa shape index (κ3) is 6.12. The molecule has 1 atom stereocenters. The van der Waals surface area contributed by atoms with Gasteiger partial charge >= 0.3 is 5.97 Å². The van der Waals surface area contributed by atoms with Gasteiger partial charge in [-0.3, -0.25) is 9.59 Å². The van der Waals surface area contributed by atoms with E-state index >= 15 is 0 Å². The van der Waals surface area contributed by atoms with Crippen molar-refractivity contribution in [3.8, 4) is 11.5 Å². The lowest BCUT2D eigenvalue weighted by molar-refractivity contribution is -0.128. The molecule has 0 saturated heterocycles. The summed E-state index contributed by atoms with van der Waals surface area (Å²) in [7, 11) is 2.93. The maximum absolute atomic E-state index is 12.2. The molecule has 7 heteroatoms. The number of hydrogen-bond acceptors (Lipinski definition) is 6. The van der Waals surface area contributed by atoms with Gasteiger partial charge in [0.1, 0.15) is 11.5 Å². The van der Waals surface area contributed by atoms with Gasteiger partial charge in [-0.2, -0.15) is 0 Å². The van der Waals surface area contributed by atoms with E-state index in [0.29, 0.717) is 17.9 Å². The third-order valence-electron chi connectivity index (χ3n) is 4.03. The van der Waals surface area contributed by atoms with E-state index in [2.05, 4.69) is 5.32 Å². The van der Waals surface area contributed by atoms with Crippen LogP contribution in [0.15, 0.2) is 48.5 Å². The number of ketones is 1. The second-order valence-electron chi connectivity index (χ2n) is 6.10. The molecule has 2 aromatic rings. The first kappa shape index (κ1) is 21.0. The quantitative estimate of drug-likeness (QED) is 0.666. The third-order valence-corrected chi connectivity index (χ3v) is 4.03. The normalized spacial score (nSPS) is 11.2. The second kappa shape index (κ2) is 10.1. The maximum atomic E-state index is 12.2. The monoisotopic (exact) mass is 385 g/mol. The molecule has 0 spiro atoms. The number of Topliss-reactive ketones (excluding diaryl/α,β-unsaturated/α-hetero) is 1. The molecule has 0 bridgehead atoms. The van der Waals surface area contributed by atoms with Crippen molar-refractivity contribution in [2.75, 3.05) is 20.8 Å². The molecular weight excluding hydrogens is 362 g/mol. The number of benzene rings is 2. The second-order valence-corrected chi connectivity index (χ2v) is 6.10. The molecule has 1 amide bonds. The van der Waals surface area contributed by atoms with Crippen LogP contribution >= 0.6 is 0 Å². The van der Waals surface area contributed by atoms with Gasteiger partial charge < -0.3 is 19.5 Å². The first-order chi connectivity index (χ1) is 13.4. The highest BCUT2D eigenvalue weighted by Crippen LogP contribution is 2.22. The van der Waals surface area contributed by atoms with Gasteiger partial charge in [0.2, 0.25) is 0 Å². The SMILES string of the molecule is COc1cc(OC)cc(C(=O)OCC(=O)N[C@H](Cc2ccccc2)C(C)=O)c1. The predicted octanol–water partition coefficient (Wildman–Crippen LogP) is 2.18.